The number of nitrogens with zero attached hydrogens (tertiary/aromatic N) is 2. The number of hydrogen-bond donors (Lipinski definition) is 1. The van der Waals surface area contributed by atoms with Gasteiger partial charge in [-0.05, 0) is 43.7 Å². The lowest BCUT2D eigenvalue weighted by Crippen LogP contribution is -2.42. The Hall–Kier alpha value is -3.15. The van der Waals surface area contributed by atoms with Gasteiger partial charge < -0.3 is 10.0 Å². The lowest BCUT2D eigenvalue weighted by atomic mass is 10.1. The van der Waals surface area contributed by atoms with Crippen LogP contribution in [0.3, 0.4) is 0 Å². The number of benzene rings is 2. The van der Waals surface area contributed by atoms with Crippen molar-refractivity contribution >= 4 is 29.2 Å². The Morgan fingerprint density at radius 1 is 1.19 bits per heavy atom. The van der Waals surface area contributed by atoms with Crippen LogP contribution >= 0.6 is 0 Å². The van der Waals surface area contributed by atoms with Gasteiger partial charge in [0.2, 0.25) is 5.91 Å². The maximum Gasteiger partial charge on any atom is 0.335 e. The molecule has 1 N–H and O–H groups in total. The number of amides is 2. The van der Waals surface area contributed by atoms with E-state index in [-0.39, 0.29) is 23.8 Å². The maximum absolute atomic E-state index is 13.0. The van der Waals surface area contributed by atoms with Gasteiger partial charge in [-0.3, -0.25) is 9.59 Å². The Morgan fingerprint density at radius 2 is 1.88 bits per heavy atom. The second-order valence-corrected chi connectivity index (χ2v) is 6.22. The summed E-state index contributed by atoms with van der Waals surface area (Å²) in [5, 5.41) is 9.21. The van der Waals surface area contributed by atoms with Crippen LogP contribution in [0.15, 0.2) is 48.5 Å². The summed E-state index contributed by atoms with van der Waals surface area (Å²) in [6, 6.07) is 13.3. The minimum Gasteiger partial charge on any atom is -0.478 e. The number of imide groups is 1. The molecule has 1 saturated heterocycles. The quantitative estimate of drug-likeness (QED) is 0.837. The summed E-state index contributed by atoms with van der Waals surface area (Å²) in [6.07, 6.45) is 0.0678. The number of aryl methyl sites for hydroxylation is 1. The van der Waals surface area contributed by atoms with Crippen LogP contribution in [0.2, 0.25) is 0 Å². The number of para-hydroxylation sites is 1. The van der Waals surface area contributed by atoms with Crippen molar-refractivity contribution in [2.24, 2.45) is 0 Å². The zero-order chi connectivity index (χ0) is 18.8. The molecule has 0 aliphatic carbocycles. The first-order chi connectivity index (χ1) is 12.4. The number of carboxylic acids is 1. The van der Waals surface area contributed by atoms with Gasteiger partial charge in [0.05, 0.1) is 17.7 Å². The molecule has 3 rings (SSSR count). The summed E-state index contributed by atoms with van der Waals surface area (Å²) in [5.41, 5.74) is 1.94. The normalized spacial score (nSPS) is 16.8. The number of hydrogen-bond acceptors (Lipinski definition) is 4. The van der Waals surface area contributed by atoms with E-state index >= 15 is 0 Å². The average Bonchev–Trinajstić information content (AvgIpc) is 2.91. The van der Waals surface area contributed by atoms with Crippen molar-refractivity contribution in [3.63, 3.8) is 0 Å². The van der Waals surface area contributed by atoms with Gasteiger partial charge in [-0.2, -0.15) is 0 Å². The third-order valence-corrected chi connectivity index (χ3v) is 4.62. The van der Waals surface area contributed by atoms with Crippen LogP contribution in [-0.2, 0) is 9.59 Å². The van der Waals surface area contributed by atoms with E-state index < -0.39 is 12.0 Å². The van der Waals surface area contributed by atoms with Crippen LogP contribution in [-0.4, -0.2) is 35.5 Å². The molecule has 1 aliphatic rings. The molecule has 1 atom stereocenters. The van der Waals surface area contributed by atoms with E-state index in [9.17, 15) is 19.5 Å². The second kappa shape index (κ2) is 7.00. The predicted octanol–water partition coefficient (Wildman–Crippen LogP) is 2.85. The number of carbonyl (C=O) groups excluding carboxylic acids is 2. The van der Waals surface area contributed by atoms with Gasteiger partial charge >= 0.3 is 5.97 Å². The van der Waals surface area contributed by atoms with Crippen molar-refractivity contribution in [1.29, 1.82) is 0 Å². The summed E-state index contributed by atoms with van der Waals surface area (Å²) in [4.78, 5) is 39.9. The number of likely N-dealkylation sites (N-methyl/N-ethyl adjacent to an activating group) is 1. The number of anilines is 2. The van der Waals surface area contributed by atoms with Crippen molar-refractivity contribution in [2.75, 3.05) is 16.3 Å². The van der Waals surface area contributed by atoms with Crippen LogP contribution in [0, 0.1) is 6.92 Å². The molecule has 0 saturated carbocycles. The Bertz CT molecular complexity index is 863. The van der Waals surface area contributed by atoms with E-state index in [1.54, 1.807) is 13.0 Å². The first kappa shape index (κ1) is 17.7. The van der Waals surface area contributed by atoms with E-state index in [0.29, 0.717) is 17.8 Å². The zero-order valence-electron chi connectivity index (χ0n) is 14.7. The molecule has 0 radical (unpaired) electrons. The van der Waals surface area contributed by atoms with Crippen LogP contribution in [0.1, 0.15) is 29.3 Å². The molecule has 1 aliphatic heterocycles. The van der Waals surface area contributed by atoms with Crippen molar-refractivity contribution in [3.05, 3.63) is 59.7 Å². The number of carbonyl (C=O) groups is 3. The molecule has 134 valence electrons. The predicted molar refractivity (Wildman–Crippen MR) is 98.5 cm³/mol. The lowest BCUT2D eigenvalue weighted by molar-refractivity contribution is -0.121. The fourth-order valence-electron chi connectivity index (χ4n) is 3.30. The topological polar surface area (TPSA) is 77.9 Å². The molecule has 1 heterocycles. The van der Waals surface area contributed by atoms with Gasteiger partial charge in [0, 0.05) is 12.2 Å². The number of rotatable bonds is 5. The van der Waals surface area contributed by atoms with E-state index in [4.69, 9.17) is 0 Å². The second-order valence-electron chi connectivity index (χ2n) is 6.22. The highest BCUT2D eigenvalue weighted by atomic mass is 16.4. The molecule has 0 spiro atoms. The third-order valence-electron chi connectivity index (χ3n) is 4.62. The summed E-state index contributed by atoms with van der Waals surface area (Å²) < 4.78 is 0. The summed E-state index contributed by atoms with van der Waals surface area (Å²) in [6.45, 7) is 4.27. The van der Waals surface area contributed by atoms with E-state index in [1.807, 2.05) is 42.2 Å². The standard InChI is InChI=1S/C20H20N2O4/c1-3-21(15-7-5-4-6-8-15)17-12-18(23)22(19(17)24)16-11-14(20(25)26)10-9-13(16)2/h4-11,17H,3,12H2,1-2H3,(H,25,26). The fraction of sp³-hybridized carbons (Fsp3) is 0.250. The highest BCUT2D eigenvalue weighted by Crippen LogP contribution is 2.31. The van der Waals surface area contributed by atoms with Gasteiger partial charge in [-0.1, -0.05) is 24.3 Å². The van der Waals surface area contributed by atoms with Crippen LogP contribution < -0.4 is 9.80 Å². The minimum absolute atomic E-state index is 0.0463. The molecule has 2 amide bonds. The van der Waals surface area contributed by atoms with E-state index in [1.165, 1.54) is 12.1 Å². The van der Waals surface area contributed by atoms with Gasteiger partial charge in [-0.15, -0.1) is 0 Å². The Morgan fingerprint density at radius 3 is 2.50 bits per heavy atom. The Labute approximate surface area is 151 Å². The molecule has 1 fully saturated rings. The van der Waals surface area contributed by atoms with E-state index in [0.717, 1.165) is 10.6 Å². The van der Waals surface area contributed by atoms with Crippen molar-refractivity contribution in [1.82, 2.24) is 0 Å². The molecule has 6 nitrogen and oxygen atoms in total. The van der Waals surface area contributed by atoms with Gasteiger partial charge in [0.1, 0.15) is 6.04 Å². The summed E-state index contributed by atoms with van der Waals surface area (Å²) in [7, 11) is 0. The average molecular weight is 352 g/mol. The summed E-state index contributed by atoms with van der Waals surface area (Å²) in [5.74, 6) is -1.74. The van der Waals surface area contributed by atoms with Crippen molar-refractivity contribution in [3.8, 4) is 0 Å². The van der Waals surface area contributed by atoms with Crippen molar-refractivity contribution in [2.45, 2.75) is 26.3 Å². The zero-order valence-corrected chi connectivity index (χ0v) is 14.7. The number of carboxylic acid groups (broad SMARTS) is 1. The monoisotopic (exact) mass is 352 g/mol. The van der Waals surface area contributed by atoms with Crippen LogP contribution in [0.4, 0.5) is 11.4 Å². The Balaban J connectivity index is 1.97. The van der Waals surface area contributed by atoms with Crippen LogP contribution in [0.25, 0.3) is 0 Å². The van der Waals surface area contributed by atoms with Gasteiger partial charge in [0.15, 0.2) is 0 Å². The molecule has 0 bridgehead atoms. The third kappa shape index (κ3) is 3.06. The van der Waals surface area contributed by atoms with Gasteiger partial charge in [-0.25, -0.2) is 9.69 Å². The smallest absolute Gasteiger partial charge is 0.335 e. The van der Waals surface area contributed by atoms with E-state index in [2.05, 4.69) is 0 Å². The highest BCUT2D eigenvalue weighted by Gasteiger charge is 2.43. The lowest BCUT2D eigenvalue weighted by Gasteiger charge is -2.28. The largest absolute Gasteiger partial charge is 0.478 e. The summed E-state index contributed by atoms with van der Waals surface area (Å²) >= 11 is 0. The minimum atomic E-state index is -1.10. The molecule has 2 aromatic rings. The van der Waals surface area contributed by atoms with Crippen molar-refractivity contribution < 1.29 is 19.5 Å². The molecule has 2 aromatic carbocycles. The molecule has 1 unspecified atom stereocenters. The first-order valence-electron chi connectivity index (χ1n) is 8.46. The molecule has 0 aromatic heterocycles. The SMILES string of the molecule is CCN(c1ccccc1)C1CC(=O)N(c2cc(C(=O)O)ccc2C)C1=O. The van der Waals surface area contributed by atoms with Crippen LogP contribution in [0.5, 0.6) is 0 Å². The first-order valence-corrected chi connectivity index (χ1v) is 8.46. The molecular weight excluding hydrogens is 332 g/mol. The fourth-order valence-corrected chi connectivity index (χ4v) is 3.30. The van der Waals surface area contributed by atoms with Gasteiger partial charge in [0.25, 0.3) is 5.91 Å². The maximum atomic E-state index is 13.0. The Kier molecular flexibility index (Phi) is 4.75. The highest BCUT2D eigenvalue weighted by molar-refractivity contribution is 6.23. The molecule has 6 heteroatoms. The number of aromatic carboxylic acids is 1. The molecular formula is C20H20N2O4. The molecule has 26 heavy (non-hydrogen) atoms.